The van der Waals surface area contributed by atoms with Gasteiger partial charge in [-0.15, -0.1) is 0 Å². The van der Waals surface area contributed by atoms with Gasteiger partial charge in [0, 0.05) is 6.42 Å². The van der Waals surface area contributed by atoms with Gasteiger partial charge in [0.15, 0.2) is 0 Å². The zero-order valence-corrected chi connectivity index (χ0v) is 16.4. The second-order valence-corrected chi connectivity index (χ2v) is 7.99. The highest BCUT2D eigenvalue weighted by Crippen LogP contribution is 2.29. The Kier molecular flexibility index (Phi) is 6.82. The molecule has 132 valence electrons. The molecule has 0 aliphatic rings. The van der Waals surface area contributed by atoms with E-state index < -0.39 is 0 Å². The van der Waals surface area contributed by atoms with Crippen LogP contribution in [0.3, 0.4) is 0 Å². The van der Waals surface area contributed by atoms with Crippen molar-refractivity contribution < 1.29 is 0 Å². The minimum absolute atomic E-state index is 0.587. The van der Waals surface area contributed by atoms with Crippen LogP contribution in [0, 0.1) is 30.1 Å². The van der Waals surface area contributed by atoms with Crippen molar-refractivity contribution in [3.63, 3.8) is 0 Å². The summed E-state index contributed by atoms with van der Waals surface area (Å²) in [5.41, 5.74) is 8.19. The highest BCUT2D eigenvalue weighted by atomic mass is 14.2. The lowest BCUT2D eigenvalue weighted by molar-refractivity contribution is 0.644. The molecule has 0 unspecified atom stereocenters. The third kappa shape index (κ3) is 5.46. The maximum absolute atomic E-state index is 8.85. The fraction of sp³-hybridized carbons (Fsp3) is 0.458. The first-order chi connectivity index (χ1) is 11.9. The molecule has 0 heterocycles. The van der Waals surface area contributed by atoms with Gasteiger partial charge in [0.25, 0.3) is 0 Å². The van der Waals surface area contributed by atoms with Crippen molar-refractivity contribution in [2.45, 2.75) is 60.3 Å². The topological polar surface area (TPSA) is 23.8 Å². The molecule has 0 saturated carbocycles. The van der Waals surface area contributed by atoms with Crippen LogP contribution in [-0.4, -0.2) is 0 Å². The summed E-state index contributed by atoms with van der Waals surface area (Å²) < 4.78 is 0. The van der Waals surface area contributed by atoms with E-state index in [-0.39, 0.29) is 0 Å². The van der Waals surface area contributed by atoms with Crippen LogP contribution in [0.4, 0.5) is 0 Å². The van der Waals surface area contributed by atoms with Gasteiger partial charge in [0.1, 0.15) is 0 Å². The Morgan fingerprint density at radius 2 is 1.56 bits per heavy atom. The molecule has 2 aromatic rings. The number of hydrogen-bond donors (Lipinski definition) is 0. The van der Waals surface area contributed by atoms with Crippen molar-refractivity contribution in [2.24, 2.45) is 11.8 Å². The normalized spacial score (nSPS) is 11.1. The largest absolute Gasteiger partial charge is 0.198 e. The Labute approximate surface area is 153 Å². The molecule has 0 bridgehead atoms. The summed E-state index contributed by atoms with van der Waals surface area (Å²) in [6.45, 7) is 11.3. The van der Waals surface area contributed by atoms with Crippen LogP contribution in [0.1, 0.15) is 56.4 Å². The van der Waals surface area contributed by atoms with Crippen molar-refractivity contribution in [3.8, 4) is 17.2 Å². The predicted molar refractivity (Wildman–Crippen MR) is 108 cm³/mol. The van der Waals surface area contributed by atoms with E-state index in [1.54, 1.807) is 0 Å². The summed E-state index contributed by atoms with van der Waals surface area (Å²) in [5, 5.41) is 8.85. The fourth-order valence-electron chi connectivity index (χ4n) is 3.39. The molecule has 1 nitrogen and oxygen atoms in total. The summed E-state index contributed by atoms with van der Waals surface area (Å²) in [6, 6.07) is 15.9. The van der Waals surface area contributed by atoms with Crippen molar-refractivity contribution >= 4 is 0 Å². The standard InChI is InChI=1S/C24H31N/c1-17(2)13-22-16-21(10-8-19(22)5)24-11-9-20(7-6-12-25)15-23(24)14-18(3)4/h8-11,15-18H,6-7,13-14H2,1-5H3. The quantitative estimate of drug-likeness (QED) is 0.566. The number of nitrogens with zero attached hydrogens (tertiary/aromatic N) is 1. The summed E-state index contributed by atoms with van der Waals surface area (Å²) >= 11 is 0. The molecule has 0 radical (unpaired) electrons. The Balaban J connectivity index is 2.44. The van der Waals surface area contributed by atoms with Gasteiger partial charge in [-0.05, 0) is 71.4 Å². The number of rotatable bonds is 7. The minimum atomic E-state index is 0.587. The predicted octanol–water partition coefficient (Wildman–Crippen LogP) is 6.52. The van der Waals surface area contributed by atoms with Gasteiger partial charge in [-0.1, -0.05) is 64.1 Å². The van der Waals surface area contributed by atoms with Crippen LogP contribution < -0.4 is 0 Å². The van der Waals surface area contributed by atoms with Crippen molar-refractivity contribution in [1.82, 2.24) is 0 Å². The first-order valence-corrected chi connectivity index (χ1v) is 9.49. The van der Waals surface area contributed by atoms with E-state index in [0.717, 1.165) is 19.3 Å². The van der Waals surface area contributed by atoms with E-state index in [1.807, 2.05) is 0 Å². The average Bonchev–Trinajstić information content (AvgIpc) is 2.54. The molecule has 0 atom stereocenters. The molecule has 0 amide bonds. The molecule has 0 aromatic heterocycles. The van der Waals surface area contributed by atoms with E-state index in [4.69, 9.17) is 5.26 Å². The Bertz CT molecular complexity index is 747. The van der Waals surface area contributed by atoms with Crippen LogP contribution in [0.2, 0.25) is 0 Å². The van der Waals surface area contributed by atoms with Crippen LogP contribution in [0.5, 0.6) is 0 Å². The molecule has 0 spiro atoms. The van der Waals surface area contributed by atoms with Crippen LogP contribution in [-0.2, 0) is 19.3 Å². The molecule has 0 N–H and O–H groups in total. The van der Waals surface area contributed by atoms with E-state index >= 15 is 0 Å². The molecular formula is C24H31N. The first-order valence-electron chi connectivity index (χ1n) is 9.49. The maximum Gasteiger partial charge on any atom is 0.0625 e. The highest BCUT2D eigenvalue weighted by Gasteiger charge is 2.11. The molecule has 2 aromatic carbocycles. The number of nitriles is 1. The lowest BCUT2D eigenvalue weighted by Gasteiger charge is -2.16. The number of aryl methyl sites for hydroxylation is 2. The van der Waals surface area contributed by atoms with Gasteiger partial charge in [-0.2, -0.15) is 5.26 Å². The SMILES string of the molecule is Cc1ccc(-c2ccc(CCC#N)cc2CC(C)C)cc1CC(C)C. The lowest BCUT2D eigenvalue weighted by atomic mass is 9.89. The zero-order chi connectivity index (χ0) is 18.4. The number of hydrogen-bond acceptors (Lipinski definition) is 1. The number of benzene rings is 2. The molecular weight excluding hydrogens is 302 g/mol. The molecule has 1 heteroatoms. The molecule has 2 rings (SSSR count). The van der Waals surface area contributed by atoms with Gasteiger partial charge >= 0.3 is 0 Å². The minimum Gasteiger partial charge on any atom is -0.198 e. The van der Waals surface area contributed by atoms with E-state index in [2.05, 4.69) is 77.1 Å². The summed E-state index contributed by atoms with van der Waals surface area (Å²) in [5.74, 6) is 1.28. The van der Waals surface area contributed by atoms with Crippen LogP contribution in [0.15, 0.2) is 36.4 Å². The van der Waals surface area contributed by atoms with Gasteiger partial charge < -0.3 is 0 Å². The molecule has 0 aliphatic carbocycles. The van der Waals surface area contributed by atoms with Gasteiger partial charge in [-0.3, -0.25) is 0 Å². The Hall–Kier alpha value is -2.07. The Morgan fingerprint density at radius 3 is 2.20 bits per heavy atom. The fourth-order valence-corrected chi connectivity index (χ4v) is 3.39. The monoisotopic (exact) mass is 333 g/mol. The van der Waals surface area contributed by atoms with Crippen LogP contribution in [0.25, 0.3) is 11.1 Å². The van der Waals surface area contributed by atoms with Crippen molar-refractivity contribution in [1.29, 1.82) is 5.26 Å². The molecule has 0 fully saturated rings. The second kappa shape index (κ2) is 8.86. The summed E-state index contributed by atoms with van der Waals surface area (Å²) in [4.78, 5) is 0. The molecule has 25 heavy (non-hydrogen) atoms. The van der Waals surface area contributed by atoms with Crippen LogP contribution >= 0.6 is 0 Å². The van der Waals surface area contributed by atoms with E-state index in [1.165, 1.54) is 33.4 Å². The van der Waals surface area contributed by atoms with E-state index in [0.29, 0.717) is 18.3 Å². The lowest BCUT2D eigenvalue weighted by Crippen LogP contribution is -2.01. The highest BCUT2D eigenvalue weighted by molar-refractivity contribution is 5.69. The second-order valence-electron chi connectivity index (χ2n) is 7.99. The maximum atomic E-state index is 8.85. The molecule has 0 aliphatic heterocycles. The third-order valence-corrected chi connectivity index (χ3v) is 4.61. The van der Waals surface area contributed by atoms with E-state index in [9.17, 15) is 0 Å². The zero-order valence-electron chi connectivity index (χ0n) is 16.4. The average molecular weight is 334 g/mol. The van der Waals surface area contributed by atoms with Gasteiger partial charge in [0.05, 0.1) is 6.07 Å². The first kappa shape index (κ1) is 19.3. The third-order valence-electron chi connectivity index (χ3n) is 4.61. The smallest absolute Gasteiger partial charge is 0.0625 e. The summed E-state index contributed by atoms with van der Waals surface area (Å²) in [6.07, 6.45) is 3.63. The Morgan fingerprint density at radius 1 is 0.880 bits per heavy atom. The van der Waals surface area contributed by atoms with Gasteiger partial charge in [-0.25, -0.2) is 0 Å². The summed E-state index contributed by atoms with van der Waals surface area (Å²) in [7, 11) is 0. The molecule has 0 saturated heterocycles. The van der Waals surface area contributed by atoms with Gasteiger partial charge in [0.2, 0.25) is 0 Å². The van der Waals surface area contributed by atoms with Crippen molar-refractivity contribution in [2.75, 3.05) is 0 Å². The van der Waals surface area contributed by atoms with Crippen molar-refractivity contribution in [3.05, 3.63) is 58.7 Å².